The monoisotopic (exact) mass is 459 g/mol. The molecule has 1 saturated heterocycles. The lowest BCUT2D eigenvalue weighted by molar-refractivity contribution is -0.128. The van der Waals surface area contributed by atoms with Gasteiger partial charge in [0.15, 0.2) is 11.0 Å². The van der Waals surface area contributed by atoms with Crippen LogP contribution in [0.25, 0.3) is 10.2 Å². The molecular weight excluding hydrogens is 430 g/mol. The molecule has 3 rings (SSSR count). The Kier molecular flexibility index (Phi) is 9.74. The van der Waals surface area contributed by atoms with Crippen LogP contribution in [0.2, 0.25) is 0 Å². The number of benzene rings is 1. The summed E-state index contributed by atoms with van der Waals surface area (Å²) >= 11 is 1.40. The third-order valence-corrected chi connectivity index (χ3v) is 6.14. The van der Waals surface area contributed by atoms with Crippen molar-refractivity contribution in [1.29, 1.82) is 5.59 Å². The van der Waals surface area contributed by atoms with E-state index in [-0.39, 0.29) is 23.7 Å². The minimum Gasteiger partial charge on any atom is -0.381 e. The number of likely N-dealkylation sites (tertiary alicyclic amines) is 1. The zero-order valence-electron chi connectivity index (χ0n) is 18.0. The van der Waals surface area contributed by atoms with Gasteiger partial charge >= 0.3 is 0 Å². The van der Waals surface area contributed by atoms with Crippen LogP contribution in [0, 0.1) is 10.5 Å². The van der Waals surface area contributed by atoms with Crippen molar-refractivity contribution in [2.24, 2.45) is 16.5 Å². The van der Waals surface area contributed by atoms with Gasteiger partial charge in [-0.05, 0) is 50.1 Å². The zero-order valence-corrected chi connectivity index (χ0v) is 18.8. The van der Waals surface area contributed by atoms with E-state index in [1.807, 2.05) is 35.2 Å². The number of amides is 1. The Hall–Kier alpha value is -3.34. The van der Waals surface area contributed by atoms with E-state index < -0.39 is 6.04 Å². The molecule has 2 aromatic rings. The van der Waals surface area contributed by atoms with E-state index in [9.17, 15) is 9.59 Å². The highest BCUT2D eigenvalue weighted by Gasteiger charge is 2.25. The highest BCUT2D eigenvalue weighted by Crippen LogP contribution is 2.23. The minimum atomic E-state index is -0.441. The summed E-state index contributed by atoms with van der Waals surface area (Å²) in [7, 11) is 0. The molecule has 1 aliphatic heterocycles. The lowest BCUT2D eigenvalue weighted by atomic mass is 10.1. The first kappa shape index (κ1) is 24.9. The molecule has 1 unspecified atom stereocenters. The third-order valence-electron chi connectivity index (χ3n) is 5.09. The number of aliphatic imine (C=N–C) groups is 1. The Labute approximate surface area is 190 Å². The maximum atomic E-state index is 13.1. The van der Waals surface area contributed by atoms with Crippen LogP contribution in [0.3, 0.4) is 0 Å². The molecule has 172 valence electrons. The summed E-state index contributed by atoms with van der Waals surface area (Å²) < 4.78 is 0.985. The summed E-state index contributed by atoms with van der Waals surface area (Å²) in [5, 5.41) is 3.71. The number of rotatable bonds is 9. The number of guanidine groups is 1. The van der Waals surface area contributed by atoms with Crippen LogP contribution in [0.4, 0.5) is 0 Å². The Morgan fingerprint density at radius 1 is 1.38 bits per heavy atom. The molecule has 1 aromatic heterocycles. The van der Waals surface area contributed by atoms with Crippen LogP contribution in [0.15, 0.2) is 41.5 Å². The molecule has 1 fully saturated rings. The number of hydrogen-bond donors (Lipinski definition) is 4. The second kappa shape index (κ2) is 12.5. The van der Waals surface area contributed by atoms with E-state index in [0.717, 1.165) is 29.6 Å². The molecule has 10 nitrogen and oxygen atoms in total. The summed E-state index contributed by atoms with van der Waals surface area (Å²) in [5.41, 5.74) is 16.1. The van der Waals surface area contributed by atoms with Crippen molar-refractivity contribution < 1.29 is 9.59 Å². The second-order valence-electron chi connectivity index (χ2n) is 7.30. The number of para-hydroxylation sites is 1. The van der Waals surface area contributed by atoms with Crippen LogP contribution in [0.1, 0.15) is 42.4 Å². The predicted octanol–water partition coefficient (Wildman–Crippen LogP) is 2.35. The molecule has 1 amide bonds. The maximum absolute atomic E-state index is 13.1. The fraction of sp³-hybridized carbons (Fsp3) is 0.429. The number of nitroso groups, excluding NO2 is 1. The normalized spacial score (nSPS) is 16.4. The fourth-order valence-corrected chi connectivity index (χ4v) is 4.55. The molecule has 0 radical (unpaired) electrons. The van der Waals surface area contributed by atoms with Gasteiger partial charge in [-0.2, -0.15) is 4.91 Å². The number of nitrogens with one attached hydrogen (secondary N) is 2. The van der Waals surface area contributed by atoms with Crippen LogP contribution < -0.4 is 16.8 Å². The van der Waals surface area contributed by atoms with E-state index in [2.05, 4.69) is 20.9 Å². The largest absolute Gasteiger partial charge is 0.381 e. The topological polar surface area (TPSA) is 168 Å². The molecule has 0 spiro atoms. The van der Waals surface area contributed by atoms with Crippen molar-refractivity contribution in [1.82, 2.24) is 15.2 Å². The van der Waals surface area contributed by atoms with Crippen LogP contribution in [0.5, 0.6) is 0 Å². The SMILES string of the molecule is CC(=O)N1CCCC1C=CN[C@@H](CCCN=C(N)N)C(=O)c1nc2ccccc2s1.N=O. The molecule has 6 N–H and O–H groups in total. The first-order chi connectivity index (χ1) is 15.5. The van der Waals surface area contributed by atoms with Gasteiger partial charge in [0.2, 0.25) is 11.7 Å². The average Bonchev–Trinajstić information content (AvgIpc) is 3.43. The quantitative estimate of drug-likeness (QED) is 0.147. The predicted molar refractivity (Wildman–Crippen MR) is 126 cm³/mol. The van der Waals surface area contributed by atoms with Gasteiger partial charge in [0.25, 0.3) is 0 Å². The number of nitrogens with two attached hydrogens (primary N) is 2. The number of carbonyl (C=O) groups is 2. The fourth-order valence-electron chi connectivity index (χ4n) is 3.59. The van der Waals surface area contributed by atoms with Crippen molar-refractivity contribution in [2.45, 2.75) is 44.7 Å². The first-order valence-corrected chi connectivity index (χ1v) is 11.1. The first-order valence-electron chi connectivity index (χ1n) is 10.3. The van der Waals surface area contributed by atoms with E-state index >= 15 is 0 Å². The van der Waals surface area contributed by atoms with Gasteiger partial charge in [0.1, 0.15) is 0 Å². The molecule has 11 heteroatoms. The average molecular weight is 460 g/mol. The molecule has 0 saturated carbocycles. The molecule has 0 aliphatic carbocycles. The Bertz CT molecular complexity index is 938. The van der Waals surface area contributed by atoms with E-state index in [1.54, 1.807) is 13.1 Å². The van der Waals surface area contributed by atoms with Crippen molar-refractivity contribution in [3.8, 4) is 0 Å². The van der Waals surface area contributed by atoms with Crippen LogP contribution >= 0.6 is 11.3 Å². The zero-order chi connectivity index (χ0) is 23.5. The van der Waals surface area contributed by atoms with Gasteiger partial charge in [0.05, 0.1) is 22.3 Å². The minimum absolute atomic E-state index is 0.0439. The molecule has 0 bridgehead atoms. The summed E-state index contributed by atoms with van der Waals surface area (Å²) in [6, 6.07) is 7.33. The van der Waals surface area contributed by atoms with E-state index in [1.165, 1.54) is 11.3 Å². The second-order valence-corrected chi connectivity index (χ2v) is 8.33. The summed E-state index contributed by atoms with van der Waals surface area (Å²) in [4.78, 5) is 42.7. The third kappa shape index (κ3) is 6.84. The standard InChI is InChI=1S/C21H28N6O2S.HNO/c1-14(28)27-13-5-6-15(27)10-12-24-17(8-4-11-25-21(22)23)19(29)20-26-16-7-2-3-9-18(16)30-20;1-2/h2-3,7,9-10,12,15,17,24H,4-6,8,11,13H2,1H3,(H4,22,23,25);1H/t15?,17-;/m0./s1. The lowest BCUT2D eigenvalue weighted by Gasteiger charge is -2.21. The van der Waals surface area contributed by atoms with Gasteiger partial charge in [-0.1, -0.05) is 17.7 Å². The van der Waals surface area contributed by atoms with Crippen molar-refractivity contribution in [3.05, 3.63) is 46.5 Å². The molecule has 1 aliphatic rings. The highest BCUT2D eigenvalue weighted by atomic mass is 32.1. The number of nitrogens with zero attached hydrogens (tertiary/aromatic N) is 3. The highest BCUT2D eigenvalue weighted by molar-refractivity contribution is 7.20. The van der Waals surface area contributed by atoms with Gasteiger partial charge in [-0.25, -0.2) is 4.98 Å². The van der Waals surface area contributed by atoms with Crippen molar-refractivity contribution in [2.75, 3.05) is 13.1 Å². The Morgan fingerprint density at radius 3 is 2.81 bits per heavy atom. The number of ketones is 1. The summed E-state index contributed by atoms with van der Waals surface area (Å²) in [6.07, 6.45) is 6.89. The van der Waals surface area contributed by atoms with Gasteiger partial charge in [-0.3, -0.25) is 14.6 Å². The number of hydrogen-bond acceptors (Lipinski definition) is 8. The van der Waals surface area contributed by atoms with Gasteiger partial charge < -0.3 is 21.7 Å². The summed E-state index contributed by atoms with van der Waals surface area (Å²) in [6.45, 7) is 2.82. The van der Waals surface area contributed by atoms with Gasteiger partial charge in [0, 0.05) is 20.0 Å². The molecule has 32 heavy (non-hydrogen) atoms. The van der Waals surface area contributed by atoms with Crippen LogP contribution in [-0.4, -0.2) is 52.7 Å². The number of thiazole rings is 1. The molecular formula is C21H29N7O3S. The van der Waals surface area contributed by atoms with E-state index in [0.29, 0.717) is 24.4 Å². The number of aromatic nitrogens is 1. The van der Waals surface area contributed by atoms with Crippen LogP contribution in [-0.2, 0) is 4.79 Å². The smallest absolute Gasteiger partial charge is 0.219 e. The lowest BCUT2D eigenvalue weighted by Crippen LogP contribution is -2.35. The summed E-state index contributed by atoms with van der Waals surface area (Å²) in [5.74, 6) is 0.0596. The van der Waals surface area contributed by atoms with Gasteiger partial charge in [-0.15, -0.1) is 11.3 Å². The Morgan fingerprint density at radius 2 is 2.12 bits per heavy atom. The van der Waals surface area contributed by atoms with Crippen molar-refractivity contribution in [3.63, 3.8) is 0 Å². The Balaban J connectivity index is 0.00000176. The number of Topliss-reactive ketones (excluding diaryl/α,β-unsaturated/α-hetero) is 1. The number of carbonyl (C=O) groups excluding carboxylic acids is 2. The number of fused-ring (bicyclic) bond motifs is 1. The maximum Gasteiger partial charge on any atom is 0.219 e. The molecule has 2 atom stereocenters. The van der Waals surface area contributed by atoms with Crippen molar-refractivity contribution >= 4 is 39.2 Å². The molecule has 1 aromatic carbocycles. The van der Waals surface area contributed by atoms with E-state index in [4.69, 9.17) is 16.4 Å². The molecule has 2 heterocycles.